The maximum absolute atomic E-state index is 13.9. The number of benzene rings is 2. The van der Waals surface area contributed by atoms with Crippen LogP contribution in [0.1, 0.15) is 11.1 Å². The van der Waals surface area contributed by atoms with Crippen LogP contribution < -0.4 is 16.0 Å². The Morgan fingerprint density at radius 1 is 1.02 bits per heavy atom. The van der Waals surface area contributed by atoms with Gasteiger partial charge in [0.2, 0.25) is 5.95 Å². The number of hydrogen-bond donors (Lipinski definition) is 3. The summed E-state index contributed by atoms with van der Waals surface area (Å²) >= 11 is 0. The number of nitrogens with zero attached hydrogens (tertiary/aromatic N) is 5. The van der Waals surface area contributed by atoms with Crippen LogP contribution in [0.4, 0.5) is 39.7 Å². The van der Waals surface area contributed by atoms with E-state index in [0.29, 0.717) is 47.7 Å². The molecule has 40 heavy (non-hydrogen) atoms. The van der Waals surface area contributed by atoms with Gasteiger partial charge in [0, 0.05) is 43.4 Å². The highest BCUT2D eigenvalue weighted by Crippen LogP contribution is 2.32. The summed E-state index contributed by atoms with van der Waals surface area (Å²) < 4.78 is 54.3. The van der Waals surface area contributed by atoms with E-state index in [2.05, 4.69) is 36.0 Å². The van der Waals surface area contributed by atoms with Crippen LogP contribution in [-0.2, 0) is 19.6 Å². The fraction of sp³-hybridized carbons (Fsp3) is 0.148. The fourth-order valence-electron chi connectivity index (χ4n) is 3.99. The quantitative estimate of drug-likeness (QED) is 0.218. The molecule has 0 aliphatic rings. The maximum Gasteiger partial charge on any atom is 0.416 e. The second kappa shape index (κ2) is 11.0. The summed E-state index contributed by atoms with van der Waals surface area (Å²) in [4.78, 5) is 25.4. The summed E-state index contributed by atoms with van der Waals surface area (Å²) in [5.41, 5.74) is 1.74. The number of amides is 2. The highest BCUT2D eigenvalue weighted by atomic mass is 19.4. The van der Waals surface area contributed by atoms with Gasteiger partial charge in [-0.2, -0.15) is 23.3 Å². The Bertz CT molecular complexity index is 1650. The van der Waals surface area contributed by atoms with E-state index in [1.54, 1.807) is 48.4 Å². The molecule has 0 unspecified atom stereocenters. The van der Waals surface area contributed by atoms with Gasteiger partial charge in [0.05, 0.1) is 16.6 Å². The summed E-state index contributed by atoms with van der Waals surface area (Å²) in [6, 6.07) is 11.4. The molecule has 0 aliphatic heterocycles. The number of halogens is 4. The number of carbonyl (C=O) groups excluding carboxylic acids is 1. The molecule has 5 aromatic rings. The average Bonchev–Trinajstić information content (AvgIpc) is 3.26. The minimum absolute atomic E-state index is 0.338. The minimum Gasteiger partial charge on any atom is -0.354 e. The number of anilines is 3. The van der Waals surface area contributed by atoms with Crippen molar-refractivity contribution >= 4 is 34.4 Å². The Morgan fingerprint density at radius 3 is 2.55 bits per heavy atom. The van der Waals surface area contributed by atoms with Gasteiger partial charge in [0.1, 0.15) is 11.5 Å². The van der Waals surface area contributed by atoms with Crippen LogP contribution in [0.5, 0.6) is 0 Å². The number of fused-ring (bicyclic) bond motifs is 1. The molecule has 13 heteroatoms. The van der Waals surface area contributed by atoms with Crippen LogP contribution in [-0.4, -0.2) is 37.3 Å². The number of pyridine rings is 1. The lowest BCUT2D eigenvalue weighted by molar-refractivity contribution is -0.137. The minimum atomic E-state index is -4.67. The number of urea groups is 1. The molecular weight excluding hydrogens is 528 g/mol. The molecule has 0 fully saturated rings. The maximum atomic E-state index is 13.9. The fourth-order valence-corrected chi connectivity index (χ4v) is 3.99. The topological polar surface area (TPSA) is 110 Å². The van der Waals surface area contributed by atoms with Crippen molar-refractivity contribution in [3.8, 4) is 11.3 Å². The first kappa shape index (κ1) is 26.5. The van der Waals surface area contributed by atoms with E-state index in [4.69, 9.17) is 0 Å². The second-order valence-corrected chi connectivity index (χ2v) is 8.79. The lowest BCUT2D eigenvalue weighted by Crippen LogP contribution is -2.20. The third-order valence-corrected chi connectivity index (χ3v) is 5.96. The van der Waals surface area contributed by atoms with E-state index in [1.807, 2.05) is 18.3 Å². The van der Waals surface area contributed by atoms with Gasteiger partial charge in [-0.3, -0.25) is 4.98 Å². The summed E-state index contributed by atoms with van der Waals surface area (Å²) in [6.07, 6.45) is 1.30. The highest BCUT2D eigenvalue weighted by Gasteiger charge is 2.31. The number of hydrogen-bond acceptors (Lipinski definition) is 6. The first-order valence-electron chi connectivity index (χ1n) is 12.0. The van der Waals surface area contributed by atoms with E-state index >= 15 is 0 Å². The largest absolute Gasteiger partial charge is 0.416 e. The molecule has 0 spiro atoms. The van der Waals surface area contributed by atoms with Crippen LogP contribution in [0.2, 0.25) is 0 Å². The molecule has 204 valence electrons. The molecule has 0 saturated carbocycles. The zero-order valence-corrected chi connectivity index (χ0v) is 21.0. The van der Waals surface area contributed by atoms with Gasteiger partial charge in [0.25, 0.3) is 0 Å². The first-order chi connectivity index (χ1) is 19.2. The Labute approximate surface area is 225 Å². The van der Waals surface area contributed by atoms with Crippen LogP contribution >= 0.6 is 0 Å². The number of nitrogens with one attached hydrogen (secondary N) is 3. The van der Waals surface area contributed by atoms with Crippen molar-refractivity contribution in [1.82, 2.24) is 24.7 Å². The highest BCUT2D eigenvalue weighted by molar-refractivity contribution is 6.00. The molecule has 0 bridgehead atoms. The van der Waals surface area contributed by atoms with Crippen LogP contribution in [0.25, 0.3) is 22.3 Å². The second-order valence-electron chi connectivity index (χ2n) is 8.79. The smallest absolute Gasteiger partial charge is 0.354 e. The predicted molar refractivity (Wildman–Crippen MR) is 142 cm³/mol. The normalized spacial score (nSPS) is 11.4. The van der Waals surface area contributed by atoms with Crippen molar-refractivity contribution in [2.24, 2.45) is 7.05 Å². The molecule has 3 aromatic heterocycles. The van der Waals surface area contributed by atoms with Crippen molar-refractivity contribution in [1.29, 1.82) is 0 Å². The molecule has 3 heterocycles. The summed E-state index contributed by atoms with van der Waals surface area (Å²) in [5, 5.41) is 13.1. The number of rotatable bonds is 7. The number of alkyl halides is 3. The standard InChI is InChI=1S/C27H22F4N8O/c1-39-24-20(15-34-25(37-24)33-12-10-16-3-2-11-32-14-16)23(38-39)17-4-7-19(8-5-17)35-26(40)36-22-13-18(27(29,30)31)6-9-21(22)28/h2-9,11,13-15H,10,12H2,1H3,(H,33,34,37)(H2,35,36,40). The molecule has 5 rings (SSSR count). The van der Waals surface area contributed by atoms with E-state index in [1.165, 1.54) is 0 Å². The molecule has 2 aromatic carbocycles. The monoisotopic (exact) mass is 550 g/mol. The summed E-state index contributed by atoms with van der Waals surface area (Å²) in [6.45, 7) is 0.629. The Hall–Kier alpha value is -5.07. The SMILES string of the molecule is Cn1nc(-c2ccc(NC(=O)Nc3cc(C(F)(F)F)ccc3F)cc2)c2cnc(NCCc3cccnc3)nc21. The zero-order chi connectivity index (χ0) is 28.3. The van der Waals surface area contributed by atoms with E-state index in [9.17, 15) is 22.4 Å². The van der Waals surface area contributed by atoms with E-state index < -0.39 is 29.3 Å². The Kier molecular flexibility index (Phi) is 7.27. The third kappa shape index (κ3) is 5.98. The first-order valence-corrected chi connectivity index (χ1v) is 12.0. The van der Waals surface area contributed by atoms with Gasteiger partial charge < -0.3 is 16.0 Å². The van der Waals surface area contributed by atoms with Gasteiger partial charge in [-0.15, -0.1) is 0 Å². The average molecular weight is 551 g/mol. The van der Waals surface area contributed by atoms with Gasteiger partial charge in [0.15, 0.2) is 5.65 Å². The third-order valence-electron chi connectivity index (χ3n) is 5.96. The molecule has 2 amide bonds. The predicted octanol–water partition coefficient (Wildman–Crippen LogP) is 5.88. The molecule has 3 N–H and O–H groups in total. The van der Waals surface area contributed by atoms with Crippen molar-refractivity contribution in [3.63, 3.8) is 0 Å². The lowest BCUT2D eigenvalue weighted by Gasteiger charge is -2.12. The van der Waals surface area contributed by atoms with Crippen LogP contribution in [0.3, 0.4) is 0 Å². The van der Waals surface area contributed by atoms with Gasteiger partial charge >= 0.3 is 12.2 Å². The Balaban J connectivity index is 1.25. The van der Waals surface area contributed by atoms with Crippen molar-refractivity contribution < 1.29 is 22.4 Å². The number of aryl methyl sites for hydroxylation is 1. The van der Waals surface area contributed by atoms with Crippen LogP contribution in [0.15, 0.2) is 73.2 Å². The zero-order valence-electron chi connectivity index (χ0n) is 21.0. The molecule has 0 radical (unpaired) electrons. The van der Waals surface area contributed by atoms with Crippen LogP contribution in [0, 0.1) is 5.82 Å². The Morgan fingerprint density at radius 2 is 1.82 bits per heavy atom. The van der Waals surface area contributed by atoms with Crippen molar-refractivity contribution in [2.45, 2.75) is 12.6 Å². The lowest BCUT2D eigenvalue weighted by atomic mass is 10.1. The molecule has 0 aliphatic carbocycles. The van der Waals surface area contributed by atoms with Gasteiger partial charge in [-0.25, -0.2) is 18.9 Å². The van der Waals surface area contributed by atoms with Crippen molar-refractivity contribution in [3.05, 3.63) is 90.1 Å². The summed E-state index contributed by atoms with van der Waals surface area (Å²) in [5.74, 6) is -0.525. The van der Waals surface area contributed by atoms with Crippen molar-refractivity contribution in [2.75, 3.05) is 22.5 Å². The van der Waals surface area contributed by atoms with Gasteiger partial charge in [-0.05, 0) is 48.4 Å². The molecule has 9 nitrogen and oxygen atoms in total. The molecule has 0 saturated heterocycles. The van der Waals surface area contributed by atoms with E-state index in [0.717, 1.165) is 22.9 Å². The van der Waals surface area contributed by atoms with E-state index in [-0.39, 0.29) is 0 Å². The number of carbonyl (C=O) groups is 1. The van der Waals surface area contributed by atoms with Gasteiger partial charge in [-0.1, -0.05) is 18.2 Å². The molecular formula is C27H22F4N8O. The molecule has 0 atom stereocenters. The number of aromatic nitrogens is 5. The summed E-state index contributed by atoms with van der Waals surface area (Å²) in [7, 11) is 1.77.